The van der Waals surface area contributed by atoms with Crippen LogP contribution in [0, 0.1) is 13.8 Å². The fourth-order valence-electron chi connectivity index (χ4n) is 1.58. The first-order valence-corrected chi connectivity index (χ1v) is 6.70. The number of benzene rings is 1. The molecule has 2 N–H and O–H groups in total. The Morgan fingerprint density at radius 2 is 1.89 bits per heavy atom. The summed E-state index contributed by atoms with van der Waals surface area (Å²) in [7, 11) is 0. The Morgan fingerprint density at radius 3 is 2.39 bits per heavy atom. The van der Waals surface area contributed by atoms with Gasteiger partial charge in [0.1, 0.15) is 5.25 Å². The molecule has 0 heterocycles. The van der Waals surface area contributed by atoms with Crippen molar-refractivity contribution >= 4 is 11.8 Å². The maximum atomic E-state index is 13.0. The average molecular weight is 277 g/mol. The van der Waals surface area contributed by atoms with E-state index in [0.717, 1.165) is 22.9 Å². The maximum Gasteiger partial charge on any atom is 0.402 e. The molecule has 5 heteroatoms. The number of hydrogen-bond donors (Lipinski definition) is 1. The van der Waals surface area contributed by atoms with Crippen molar-refractivity contribution in [3.63, 3.8) is 0 Å². The van der Waals surface area contributed by atoms with Crippen molar-refractivity contribution in [2.75, 3.05) is 0 Å². The monoisotopic (exact) mass is 277 g/mol. The van der Waals surface area contributed by atoms with Gasteiger partial charge in [-0.25, -0.2) is 0 Å². The topological polar surface area (TPSA) is 26.0 Å². The van der Waals surface area contributed by atoms with Crippen molar-refractivity contribution in [1.82, 2.24) is 0 Å². The third-order valence-electron chi connectivity index (χ3n) is 2.78. The molecule has 0 bridgehead atoms. The molecule has 1 rings (SSSR count). The van der Waals surface area contributed by atoms with Crippen molar-refractivity contribution in [2.24, 2.45) is 5.73 Å². The summed E-state index contributed by atoms with van der Waals surface area (Å²) in [6.45, 7) is 5.35. The third kappa shape index (κ3) is 3.92. The van der Waals surface area contributed by atoms with Gasteiger partial charge in [-0.15, -0.1) is 11.8 Å². The van der Waals surface area contributed by atoms with E-state index in [2.05, 4.69) is 0 Å². The third-order valence-corrected chi connectivity index (χ3v) is 4.35. The molecular formula is C13H18F3NS. The van der Waals surface area contributed by atoms with Crippen LogP contribution in [0.2, 0.25) is 0 Å². The Kier molecular flexibility index (Phi) is 5.10. The van der Waals surface area contributed by atoms with Crippen LogP contribution in [0.5, 0.6) is 0 Å². The number of nitrogens with two attached hydrogens (primary N) is 1. The summed E-state index contributed by atoms with van der Waals surface area (Å²) in [5.74, 6) is 0. The minimum atomic E-state index is -4.28. The lowest BCUT2D eigenvalue weighted by molar-refractivity contribution is -0.132. The van der Waals surface area contributed by atoms with E-state index in [1.807, 2.05) is 26.0 Å². The summed E-state index contributed by atoms with van der Waals surface area (Å²) in [5.41, 5.74) is 7.40. The highest BCUT2D eigenvalue weighted by atomic mass is 32.2. The molecule has 0 aliphatic rings. The van der Waals surface area contributed by atoms with E-state index < -0.39 is 17.5 Å². The molecule has 0 saturated carbocycles. The fraction of sp³-hybridized carbons (Fsp3) is 0.538. The highest BCUT2D eigenvalue weighted by Gasteiger charge is 2.43. The lowest BCUT2D eigenvalue weighted by atomic mass is 10.1. The Morgan fingerprint density at radius 1 is 1.28 bits per heavy atom. The quantitative estimate of drug-likeness (QED) is 0.840. The number of thioether (sulfide) groups is 1. The Bertz CT molecular complexity index is 404. The van der Waals surface area contributed by atoms with Crippen LogP contribution in [0.4, 0.5) is 13.2 Å². The highest BCUT2D eigenvalue weighted by Crippen LogP contribution is 2.38. The molecule has 0 spiro atoms. The maximum absolute atomic E-state index is 13.0. The van der Waals surface area contributed by atoms with Crippen molar-refractivity contribution in [3.8, 4) is 0 Å². The molecular weight excluding hydrogens is 259 g/mol. The van der Waals surface area contributed by atoms with Gasteiger partial charge >= 0.3 is 6.18 Å². The van der Waals surface area contributed by atoms with Gasteiger partial charge in [0.15, 0.2) is 0 Å². The van der Waals surface area contributed by atoms with Crippen LogP contribution in [-0.4, -0.2) is 17.5 Å². The van der Waals surface area contributed by atoms with E-state index in [-0.39, 0.29) is 0 Å². The Hall–Kier alpha value is -0.680. The van der Waals surface area contributed by atoms with Crippen LogP contribution in [0.3, 0.4) is 0 Å². The van der Waals surface area contributed by atoms with E-state index in [0.29, 0.717) is 11.3 Å². The SMILES string of the molecule is CCC(N)C(Sc1cc(C)ccc1C)C(F)(F)F. The minimum Gasteiger partial charge on any atom is -0.326 e. The van der Waals surface area contributed by atoms with Crippen LogP contribution < -0.4 is 5.73 Å². The molecule has 0 aliphatic carbocycles. The van der Waals surface area contributed by atoms with Crippen molar-refractivity contribution in [1.29, 1.82) is 0 Å². The highest BCUT2D eigenvalue weighted by molar-refractivity contribution is 8.00. The predicted octanol–water partition coefficient (Wildman–Crippen LogP) is 4.06. The molecule has 1 aromatic rings. The summed E-state index contributed by atoms with van der Waals surface area (Å²) in [6.07, 6.45) is -3.97. The summed E-state index contributed by atoms with van der Waals surface area (Å²) < 4.78 is 38.9. The summed E-state index contributed by atoms with van der Waals surface area (Å²) in [6, 6.07) is 4.63. The summed E-state index contributed by atoms with van der Waals surface area (Å²) in [4.78, 5) is 0.654. The number of alkyl halides is 3. The van der Waals surface area contributed by atoms with Gasteiger partial charge in [-0.2, -0.15) is 13.2 Å². The molecule has 2 atom stereocenters. The second-order valence-electron chi connectivity index (χ2n) is 4.42. The largest absolute Gasteiger partial charge is 0.402 e. The lowest BCUT2D eigenvalue weighted by Gasteiger charge is -2.25. The Balaban J connectivity index is 3.00. The normalized spacial score (nSPS) is 15.5. The van der Waals surface area contributed by atoms with Gasteiger partial charge in [0.05, 0.1) is 0 Å². The second kappa shape index (κ2) is 5.97. The molecule has 1 nitrogen and oxygen atoms in total. The Labute approximate surface area is 110 Å². The van der Waals surface area contributed by atoms with E-state index in [9.17, 15) is 13.2 Å². The predicted molar refractivity (Wildman–Crippen MR) is 69.9 cm³/mol. The van der Waals surface area contributed by atoms with Crippen molar-refractivity contribution in [3.05, 3.63) is 29.3 Å². The number of halogens is 3. The molecule has 0 saturated heterocycles. The molecule has 18 heavy (non-hydrogen) atoms. The van der Waals surface area contributed by atoms with Crippen LogP contribution in [0.25, 0.3) is 0 Å². The van der Waals surface area contributed by atoms with E-state index in [1.54, 1.807) is 13.0 Å². The zero-order chi connectivity index (χ0) is 13.9. The van der Waals surface area contributed by atoms with E-state index in [1.165, 1.54) is 0 Å². The molecule has 0 aromatic heterocycles. The molecule has 2 unspecified atom stereocenters. The van der Waals surface area contributed by atoms with Crippen LogP contribution in [0.1, 0.15) is 24.5 Å². The van der Waals surface area contributed by atoms with Gasteiger partial charge in [0, 0.05) is 10.9 Å². The average Bonchev–Trinajstić information content (AvgIpc) is 2.27. The van der Waals surface area contributed by atoms with Crippen LogP contribution in [-0.2, 0) is 0 Å². The van der Waals surface area contributed by atoms with Gasteiger partial charge in [-0.3, -0.25) is 0 Å². The van der Waals surface area contributed by atoms with Gasteiger partial charge < -0.3 is 5.73 Å². The summed E-state index contributed by atoms with van der Waals surface area (Å²) >= 11 is 0.819. The molecule has 0 radical (unpaired) electrons. The molecule has 0 amide bonds. The molecule has 0 fully saturated rings. The zero-order valence-electron chi connectivity index (χ0n) is 10.7. The van der Waals surface area contributed by atoms with Crippen LogP contribution in [0.15, 0.2) is 23.1 Å². The zero-order valence-corrected chi connectivity index (χ0v) is 11.5. The fourth-order valence-corrected chi connectivity index (χ4v) is 2.86. The number of rotatable bonds is 4. The van der Waals surface area contributed by atoms with Gasteiger partial charge in [-0.1, -0.05) is 24.6 Å². The van der Waals surface area contributed by atoms with E-state index in [4.69, 9.17) is 5.73 Å². The molecule has 1 aromatic carbocycles. The van der Waals surface area contributed by atoms with Gasteiger partial charge in [-0.05, 0) is 31.9 Å². The van der Waals surface area contributed by atoms with Crippen molar-refractivity contribution < 1.29 is 13.2 Å². The smallest absolute Gasteiger partial charge is 0.326 e. The summed E-state index contributed by atoms with van der Waals surface area (Å²) in [5, 5.41) is -1.55. The van der Waals surface area contributed by atoms with Crippen LogP contribution >= 0.6 is 11.8 Å². The first kappa shape index (κ1) is 15.4. The number of hydrogen-bond acceptors (Lipinski definition) is 2. The van der Waals surface area contributed by atoms with Crippen molar-refractivity contribution in [2.45, 2.75) is 49.6 Å². The van der Waals surface area contributed by atoms with Gasteiger partial charge in [0.25, 0.3) is 0 Å². The first-order valence-electron chi connectivity index (χ1n) is 5.82. The lowest BCUT2D eigenvalue weighted by Crippen LogP contribution is -2.42. The standard InChI is InChI=1S/C13H18F3NS/c1-4-10(17)12(13(14,15)16)18-11-7-8(2)5-6-9(11)3/h5-7,10,12H,4,17H2,1-3H3. The number of aryl methyl sites for hydroxylation is 2. The minimum absolute atomic E-state index is 0.308. The van der Waals surface area contributed by atoms with E-state index >= 15 is 0 Å². The molecule has 102 valence electrons. The van der Waals surface area contributed by atoms with Gasteiger partial charge in [0.2, 0.25) is 0 Å². The molecule has 0 aliphatic heterocycles. The first-order chi connectivity index (χ1) is 8.25. The second-order valence-corrected chi connectivity index (χ2v) is 5.60.